The molecule has 17 heavy (non-hydrogen) atoms. The number of hydrogen-bond donors (Lipinski definition) is 0. The minimum absolute atomic E-state index is 0.0425. The number of carbonyl (C=O) groups is 1. The largest absolute Gasteiger partial charge is 0.573 e. The van der Waals surface area contributed by atoms with Crippen LogP contribution in [0.15, 0.2) is 24.3 Å². The quantitative estimate of drug-likeness (QED) is 0.763. The fraction of sp³-hybridized carbons (Fsp3) is 0.273. The number of rotatable bonds is 4. The molecule has 0 N–H and O–H groups in total. The molecule has 0 aromatic heterocycles. The van der Waals surface area contributed by atoms with Crippen LogP contribution in [0.4, 0.5) is 13.2 Å². The van der Waals surface area contributed by atoms with Crippen LogP contribution in [0.3, 0.4) is 0 Å². The summed E-state index contributed by atoms with van der Waals surface area (Å²) >= 11 is 0. The highest BCUT2D eigenvalue weighted by Crippen LogP contribution is 2.27. The Morgan fingerprint density at radius 1 is 1.35 bits per heavy atom. The van der Waals surface area contributed by atoms with Crippen LogP contribution in [-0.4, -0.2) is 12.1 Å². The van der Waals surface area contributed by atoms with Gasteiger partial charge in [0.15, 0.2) is 5.78 Å². The molecule has 1 rings (SSSR count). The van der Waals surface area contributed by atoms with Gasteiger partial charge in [0.25, 0.3) is 0 Å². The van der Waals surface area contributed by atoms with Crippen molar-refractivity contribution in [2.75, 3.05) is 0 Å². The average molecular weight is 243 g/mol. The molecular weight excluding hydrogens is 235 g/mol. The summed E-state index contributed by atoms with van der Waals surface area (Å²) < 4.78 is 39.9. The molecule has 0 radical (unpaired) electrons. The topological polar surface area (TPSA) is 50.1 Å². The second kappa shape index (κ2) is 5.34. The van der Waals surface area contributed by atoms with Crippen LogP contribution in [0, 0.1) is 11.3 Å². The predicted molar refractivity (Wildman–Crippen MR) is 52.3 cm³/mol. The van der Waals surface area contributed by atoms with E-state index >= 15 is 0 Å². The molecule has 0 aliphatic heterocycles. The lowest BCUT2D eigenvalue weighted by atomic mass is 10.1. The number of nitriles is 1. The second-order valence-corrected chi connectivity index (χ2v) is 3.13. The maximum absolute atomic E-state index is 12.1. The molecule has 1 aromatic carbocycles. The highest BCUT2D eigenvalue weighted by Gasteiger charge is 2.32. The molecular formula is C11H8F3NO2. The van der Waals surface area contributed by atoms with Crippen molar-refractivity contribution in [2.45, 2.75) is 19.2 Å². The first-order valence-corrected chi connectivity index (χ1v) is 4.69. The van der Waals surface area contributed by atoms with Crippen molar-refractivity contribution < 1.29 is 22.7 Å². The summed E-state index contributed by atoms with van der Waals surface area (Å²) in [5.74, 6) is -1.09. The van der Waals surface area contributed by atoms with Crippen molar-refractivity contribution in [3.05, 3.63) is 29.8 Å². The lowest BCUT2D eigenvalue weighted by Crippen LogP contribution is -2.19. The van der Waals surface area contributed by atoms with E-state index < -0.39 is 17.9 Å². The Morgan fingerprint density at radius 3 is 2.59 bits per heavy atom. The molecule has 0 saturated carbocycles. The fourth-order valence-corrected chi connectivity index (χ4v) is 1.21. The summed E-state index contributed by atoms with van der Waals surface area (Å²) in [7, 11) is 0. The molecule has 0 saturated heterocycles. The summed E-state index contributed by atoms with van der Waals surface area (Å²) in [5.41, 5.74) is -0.167. The lowest BCUT2D eigenvalue weighted by Gasteiger charge is -2.11. The Labute approximate surface area is 95.4 Å². The number of ether oxygens (including phenoxy) is 1. The standard InChI is InChI=1S/C11H8F3NO2/c12-11(13,14)17-10-6-2-1-4-8(10)9(16)5-3-7-15/h1-2,4,6H,3,5H2. The van der Waals surface area contributed by atoms with E-state index in [4.69, 9.17) is 5.26 Å². The SMILES string of the molecule is N#CCCC(=O)c1ccccc1OC(F)(F)F. The Morgan fingerprint density at radius 2 is 2.00 bits per heavy atom. The van der Waals surface area contributed by atoms with Gasteiger partial charge in [-0.1, -0.05) is 12.1 Å². The molecule has 0 unspecified atom stereocenters. The van der Waals surface area contributed by atoms with Gasteiger partial charge in [0.05, 0.1) is 11.6 Å². The van der Waals surface area contributed by atoms with E-state index in [1.165, 1.54) is 18.2 Å². The number of halogens is 3. The maximum atomic E-state index is 12.1. The van der Waals surface area contributed by atoms with Crippen molar-refractivity contribution in [2.24, 2.45) is 0 Å². The summed E-state index contributed by atoms with van der Waals surface area (Å²) in [6.07, 6.45) is -5.01. The highest BCUT2D eigenvalue weighted by atomic mass is 19.4. The summed E-state index contributed by atoms with van der Waals surface area (Å²) in [6, 6.07) is 6.82. The highest BCUT2D eigenvalue weighted by molar-refractivity contribution is 5.98. The van der Waals surface area contributed by atoms with Gasteiger partial charge in [-0.05, 0) is 12.1 Å². The van der Waals surface area contributed by atoms with E-state index in [2.05, 4.69) is 4.74 Å². The Bertz CT molecular complexity index is 449. The molecule has 90 valence electrons. The minimum atomic E-state index is -4.84. The van der Waals surface area contributed by atoms with Crippen molar-refractivity contribution in [1.82, 2.24) is 0 Å². The van der Waals surface area contributed by atoms with Crippen LogP contribution in [-0.2, 0) is 0 Å². The van der Waals surface area contributed by atoms with E-state index in [0.717, 1.165) is 6.07 Å². The number of hydrogen-bond acceptors (Lipinski definition) is 3. The zero-order chi connectivity index (χ0) is 12.9. The average Bonchev–Trinajstić information content (AvgIpc) is 2.24. The molecule has 0 amide bonds. The second-order valence-electron chi connectivity index (χ2n) is 3.13. The van der Waals surface area contributed by atoms with Gasteiger partial charge in [0.1, 0.15) is 5.75 Å². The van der Waals surface area contributed by atoms with Gasteiger partial charge in [0, 0.05) is 12.8 Å². The minimum Gasteiger partial charge on any atom is -0.405 e. The van der Waals surface area contributed by atoms with Crippen molar-refractivity contribution >= 4 is 5.78 Å². The van der Waals surface area contributed by atoms with Crippen molar-refractivity contribution in [3.8, 4) is 11.8 Å². The third-order valence-electron chi connectivity index (χ3n) is 1.88. The molecule has 0 fully saturated rings. The zero-order valence-corrected chi connectivity index (χ0v) is 8.62. The zero-order valence-electron chi connectivity index (χ0n) is 8.62. The predicted octanol–water partition coefficient (Wildman–Crippen LogP) is 3.07. The third kappa shape index (κ3) is 4.15. The first kappa shape index (κ1) is 13.0. The lowest BCUT2D eigenvalue weighted by molar-refractivity contribution is -0.274. The Balaban J connectivity index is 2.92. The maximum Gasteiger partial charge on any atom is 0.573 e. The molecule has 0 aliphatic rings. The molecule has 0 bridgehead atoms. The van der Waals surface area contributed by atoms with Gasteiger partial charge in [-0.15, -0.1) is 13.2 Å². The molecule has 1 aromatic rings. The van der Waals surface area contributed by atoms with Crippen LogP contribution in [0.5, 0.6) is 5.75 Å². The van der Waals surface area contributed by atoms with E-state index in [0.29, 0.717) is 0 Å². The van der Waals surface area contributed by atoms with E-state index in [1.807, 2.05) is 0 Å². The number of Topliss-reactive ketones (excluding diaryl/α,β-unsaturated/α-hetero) is 1. The van der Waals surface area contributed by atoms with Crippen LogP contribution in [0.25, 0.3) is 0 Å². The smallest absolute Gasteiger partial charge is 0.405 e. The number of alkyl halides is 3. The molecule has 6 heteroatoms. The first-order valence-electron chi connectivity index (χ1n) is 4.69. The van der Waals surface area contributed by atoms with Gasteiger partial charge in [-0.2, -0.15) is 5.26 Å². The normalized spacial score (nSPS) is 10.7. The molecule has 0 spiro atoms. The van der Waals surface area contributed by atoms with Gasteiger partial charge in [-0.25, -0.2) is 0 Å². The molecule has 0 heterocycles. The first-order chi connectivity index (χ1) is 7.94. The number of nitrogens with zero attached hydrogens (tertiary/aromatic N) is 1. The Hall–Kier alpha value is -2.03. The summed E-state index contributed by atoms with van der Waals surface area (Å²) in [4.78, 5) is 11.5. The number of ketones is 1. The van der Waals surface area contributed by atoms with Crippen LogP contribution in [0.2, 0.25) is 0 Å². The van der Waals surface area contributed by atoms with Gasteiger partial charge in [-0.3, -0.25) is 4.79 Å². The number of carbonyl (C=O) groups excluding carboxylic acids is 1. The van der Waals surface area contributed by atoms with E-state index in [1.54, 1.807) is 6.07 Å². The number of para-hydroxylation sites is 1. The summed E-state index contributed by atoms with van der Waals surface area (Å²) in [5, 5.41) is 8.30. The van der Waals surface area contributed by atoms with Crippen molar-refractivity contribution in [3.63, 3.8) is 0 Å². The van der Waals surface area contributed by atoms with Crippen LogP contribution < -0.4 is 4.74 Å². The van der Waals surface area contributed by atoms with Gasteiger partial charge < -0.3 is 4.74 Å². The number of benzene rings is 1. The molecule has 0 aliphatic carbocycles. The van der Waals surface area contributed by atoms with Gasteiger partial charge in [0.2, 0.25) is 0 Å². The Kier molecular flexibility index (Phi) is 4.10. The molecule has 0 atom stereocenters. The monoisotopic (exact) mass is 243 g/mol. The van der Waals surface area contributed by atoms with Crippen LogP contribution >= 0.6 is 0 Å². The van der Waals surface area contributed by atoms with Crippen molar-refractivity contribution in [1.29, 1.82) is 5.26 Å². The third-order valence-corrected chi connectivity index (χ3v) is 1.88. The van der Waals surface area contributed by atoms with Gasteiger partial charge >= 0.3 is 6.36 Å². The van der Waals surface area contributed by atoms with E-state index in [-0.39, 0.29) is 18.4 Å². The summed E-state index contributed by atoms with van der Waals surface area (Å²) in [6.45, 7) is 0. The fourth-order valence-electron chi connectivity index (χ4n) is 1.21. The van der Waals surface area contributed by atoms with E-state index in [9.17, 15) is 18.0 Å². The molecule has 3 nitrogen and oxygen atoms in total. The van der Waals surface area contributed by atoms with Crippen LogP contribution in [0.1, 0.15) is 23.2 Å².